The predicted molar refractivity (Wildman–Crippen MR) is 84.0 cm³/mol. The standard InChI is InChI=1S/C14H13BrFN3S/c1-8-7-19-13(9(2)18-14(19)20-8)6-17-10-3-4-12(16)11(15)5-10/h3-5,7,17H,6H2,1-2H3. The van der Waals surface area contributed by atoms with Gasteiger partial charge in [-0.05, 0) is 48.0 Å². The number of halogens is 2. The Morgan fingerprint density at radius 3 is 2.95 bits per heavy atom. The van der Waals surface area contributed by atoms with Crippen LogP contribution in [-0.2, 0) is 6.54 Å². The van der Waals surface area contributed by atoms with Gasteiger partial charge in [0.1, 0.15) is 5.82 Å². The van der Waals surface area contributed by atoms with Gasteiger partial charge in [-0.3, -0.25) is 4.40 Å². The molecule has 6 heteroatoms. The number of nitrogens with one attached hydrogen (secondary N) is 1. The van der Waals surface area contributed by atoms with Crippen LogP contribution in [0.3, 0.4) is 0 Å². The van der Waals surface area contributed by atoms with E-state index in [4.69, 9.17) is 0 Å². The first-order valence-corrected chi connectivity index (χ1v) is 7.78. The van der Waals surface area contributed by atoms with Crippen molar-refractivity contribution in [2.45, 2.75) is 20.4 Å². The molecule has 0 bridgehead atoms. The van der Waals surface area contributed by atoms with Gasteiger partial charge in [-0.15, -0.1) is 11.3 Å². The molecule has 2 heterocycles. The fraction of sp³-hybridized carbons (Fsp3) is 0.214. The third-order valence-electron chi connectivity index (χ3n) is 3.12. The topological polar surface area (TPSA) is 29.3 Å². The first kappa shape index (κ1) is 13.6. The fourth-order valence-electron chi connectivity index (χ4n) is 2.11. The Bertz CT molecular complexity index is 778. The lowest BCUT2D eigenvalue weighted by molar-refractivity contribution is 0.621. The SMILES string of the molecule is Cc1cn2c(CNc3ccc(F)c(Br)c3)c(C)nc2s1. The lowest BCUT2D eigenvalue weighted by atomic mass is 10.3. The van der Waals surface area contributed by atoms with Gasteiger partial charge in [0.05, 0.1) is 22.4 Å². The summed E-state index contributed by atoms with van der Waals surface area (Å²) in [6.45, 7) is 4.73. The minimum absolute atomic E-state index is 0.257. The van der Waals surface area contributed by atoms with E-state index in [9.17, 15) is 4.39 Å². The Kier molecular flexibility index (Phi) is 3.52. The molecule has 0 radical (unpaired) electrons. The number of aryl methyl sites for hydroxylation is 2. The molecule has 3 rings (SSSR count). The maximum absolute atomic E-state index is 13.2. The van der Waals surface area contributed by atoms with Crippen molar-refractivity contribution in [3.63, 3.8) is 0 Å². The molecule has 104 valence electrons. The van der Waals surface area contributed by atoms with Crippen LogP contribution in [0.4, 0.5) is 10.1 Å². The van der Waals surface area contributed by atoms with E-state index in [2.05, 4.69) is 43.8 Å². The number of rotatable bonds is 3. The van der Waals surface area contributed by atoms with Gasteiger partial charge >= 0.3 is 0 Å². The summed E-state index contributed by atoms with van der Waals surface area (Å²) in [5.74, 6) is -0.257. The number of imidazole rings is 1. The molecule has 0 saturated heterocycles. The molecule has 20 heavy (non-hydrogen) atoms. The highest BCUT2D eigenvalue weighted by molar-refractivity contribution is 9.10. The van der Waals surface area contributed by atoms with Gasteiger partial charge in [-0.2, -0.15) is 0 Å². The smallest absolute Gasteiger partial charge is 0.194 e. The Balaban J connectivity index is 1.85. The van der Waals surface area contributed by atoms with E-state index in [0.29, 0.717) is 11.0 Å². The maximum Gasteiger partial charge on any atom is 0.194 e. The summed E-state index contributed by atoms with van der Waals surface area (Å²) >= 11 is 4.87. The van der Waals surface area contributed by atoms with Crippen molar-refractivity contribution in [3.8, 4) is 0 Å². The zero-order chi connectivity index (χ0) is 14.3. The quantitative estimate of drug-likeness (QED) is 0.749. The van der Waals surface area contributed by atoms with E-state index in [0.717, 1.165) is 22.0 Å². The number of fused-ring (bicyclic) bond motifs is 1. The number of nitrogens with zero attached hydrogens (tertiary/aromatic N) is 2. The second-order valence-electron chi connectivity index (χ2n) is 4.62. The monoisotopic (exact) mass is 353 g/mol. The summed E-state index contributed by atoms with van der Waals surface area (Å²) in [6, 6.07) is 4.91. The number of anilines is 1. The first-order chi connectivity index (χ1) is 9.54. The summed E-state index contributed by atoms with van der Waals surface area (Å²) in [7, 11) is 0. The Hall–Kier alpha value is -1.40. The maximum atomic E-state index is 13.2. The van der Waals surface area contributed by atoms with Gasteiger partial charge in [0.15, 0.2) is 4.96 Å². The van der Waals surface area contributed by atoms with Crippen molar-refractivity contribution < 1.29 is 4.39 Å². The molecule has 0 aliphatic rings. The van der Waals surface area contributed by atoms with Crippen LogP contribution in [-0.4, -0.2) is 9.38 Å². The number of hydrogen-bond acceptors (Lipinski definition) is 3. The summed E-state index contributed by atoms with van der Waals surface area (Å²) in [4.78, 5) is 6.80. The van der Waals surface area contributed by atoms with Crippen LogP contribution in [0.2, 0.25) is 0 Å². The number of hydrogen-bond donors (Lipinski definition) is 1. The van der Waals surface area contributed by atoms with Gasteiger partial charge in [0.2, 0.25) is 0 Å². The first-order valence-electron chi connectivity index (χ1n) is 6.17. The predicted octanol–water partition coefficient (Wildman–Crippen LogP) is 4.53. The molecular formula is C14H13BrFN3S. The molecule has 2 aromatic heterocycles. The Labute approximate surface area is 128 Å². The third-order valence-corrected chi connectivity index (χ3v) is 4.63. The zero-order valence-electron chi connectivity index (χ0n) is 11.1. The van der Waals surface area contributed by atoms with Crippen LogP contribution in [0.25, 0.3) is 4.96 Å². The lowest BCUT2D eigenvalue weighted by Crippen LogP contribution is -2.03. The molecule has 0 saturated carbocycles. The Morgan fingerprint density at radius 2 is 2.20 bits per heavy atom. The van der Waals surface area contributed by atoms with Gasteiger partial charge < -0.3 is 5.32 Å². The molecule has 0 fully saturated rings. The van der Waals surface area contributed by atoms with Crippen LogP contribution in [0.1, 0.15) is 16.3 Å². The van der Waals surface area contributed by atoms with E-state index in [1.54, 1.807) is 23.5 Å². The van der Waals surface area contributed by atoms with E-state index in [1.807, 2.05) is 6.92 Å². The summed E-state index contributed by atoms with van der Waals surface area (Å²) in [5.41, 5.74) is 3.02. The third kappa shape index (κ3) is 2.45. The lowest BCUT2D eigenvalue weighted by Gasteiger charge is -2.07. The average molecular weight is 354 g/mol. The average Bonchev–Trinajstić information content (AvgIpc) is 2.87. The fourth-order valence-corrected chi connectivity index (χ4v) is 3.38. The molecule has 1 N–H and O–H groups in total. The van der Waals surface area contributed by atoms with E-state index in [1.165, 1.54) is 10.9 Å². The minimum atomic E-state index is -0.257. The minimum Gasteiger partial charge on any atom is -0.379 e. The van der Waals surface area contributed by atoms with Crippen molar-refractivity contribution in [2.24, 2.45) is 0 Å². The molecule has 0 aliphatic carbocycles. The van der Waals surface area contributed by atoms with Crippen LogP contribution in [0.5, 0.6) is 0 Å². The van der Waals surface area contributed by atoms with E-state index >= 15 is 0 Å². The molecule has 1 aromatic carbocycles. The van der Waals surface area contributed by atoms with Crippen molar-refractivity contribution in [1.82, 2.24) is 9.38 Å². The summed E-state index contributed by atoms with van der Waals surface area (Å²) in [5, 5.41) is 3.30. The molecule has 0 aliphatic heterocycles. The second kappa shape index (κ2) is 5.18. The van der Waals surface area contributed by atoms with Crippen molar-refractivity contribution in [2.75, 3.05) is 5.32 Å². The van der Waals surface area contributed by atoms with Crippen molar-refractivity contribution in [3.05, 3.63) is 51.0 Å². The molecular weight excluding hydrogens is 341 g/mol. The number of benzene rings is 1. The van der Waals surface area contributed by atoms with Crippen LogP contribution in [0, 0.1) is 19.7 Å². The highest BCUT2D eigenvalue weighted by Gasteiger charge is 2.11. The van der Waals surface area contributed by atoms with Gasteiger partial charge in [-0.1, -0.05) is 0 Å². The van der Waals surface area contributed by atoms with Crippen LogP contribution < -0.4 is 5.32 Å². The van der Waals surface area contributed by atoms with Gasteiger partial charge in [0.25, 0.3) is 0 Å². The molecule has 3 nitrogen and oxygen atoms in total. The molecule has 0 amide bonds. The molecule has 0 spiro atoms. The van der Waals surface area contributed by atoms with Gasteiger partial charge in [0, 0.05) is 16.8 Å². The van der Waals surface area contributed by atoms with Crippen molar-refractivity contribution in [1.29, 1.82) is 0 Å². The highest BCUT2D eigenvalue weighted by Crippen LogP contribution is 2.23. The molecule has 0 atom stereocenters. The largest absolute Gasteiger partial charge is 0.379 e. The zero-order valence-corrected chi connectivity index (χ0v) is 13.5. The second-order valence-corrected chi connectivity index (χ2v) is 6.69. The number of thiazole rings is 1. The van der Waals surface area contributed by atoms with E-state index < -0.39 is 0 Å². The van der Waals surface area contributed by atoms with Crippen LogP contribution in [0.15, 0.2) is 28.9 Å². The molecule has 3 aromatic rings. The molecule has 0 unspecified atom stereocenters. The summed E-state index contributed by atoms with van der Waals surface area (Å²) in [6.07, 6.45) is 2.09. The van der Waals surface area contributed by atoms with Gasteiger partial charge in [-0.25, -0.2) is 9.37 Å². The number of aromatic nitrogens is 2. The Morgan fingerprint density at radius 1 is 1.40 bits per heavy atom. The van der Waals surface area contributed by atoms with Crippen molar-refractivity contribution >= 4 is 37.9 Å². The van der Waals surface area contributed by atoms with Crippen LogP contribution >= 0.6 is 27.3 Å². The van der Waals surface area contributed by atoms with E-state index in [-0.39, 0.29) is 5.82 Å². The summed E-state index contributed by atoms with van der Waals surface area (Å²) < 4.78 is 15.8. The highest BCUT2D eigenvalue weighted by atomic mass is 79.9. The normalized spacial score (nSPS) is 11.2.